The molecule has 0 spiro atoms. The van der Waals surface area contributed by atoms with Crippen molar-refractivity contribution in [2.75, 3.05) is 6.61 Å². The molecule has 0 aliphatic carbocycles. The monoisotopic (exact) mass is 493 g/mol. The van der Waals surface area contributed by atoms with E-state index in [0.717, 1.165) is 16.7 Å². The van der Waals surface area contributed by atoms with Crippen molar-refractivity contribution in [1.29, 1.82) is 0 Å². The Balaban J connectivity index is 1.93. The third kappa shape index (κ3) is 6.31. The van der Waals surface area contributed by atoms with Crippen LogP contribution in [0.5, 0.6) is 5.88 Å². The lowest BCUT2D eigenvalue weighted by molar-refractivity contribution is -0.137. The third-order valence-corrected chi connectivity index (χ3v) is 6.51. The fourth-order valence-corrected chi connectivity index (χ4v) is 3.63. The first-order chi connectivity index (χ1) is 16.8. The Morgan fingerprint density at radius 2 is 1.72 bits per heavy atom. The van der Waals surface area contributed by atoms with E-state index < -0.39 is 28.9 Å². The summed E-state index contributed by atoms with van der Waals surface area (Å²) in [6.45, 7) is 11.3. The molecule has 0 unspecified atom stereocenters. The summed E-state index contributed by atoms with van der Waals surface area (Å²) in [5, 5.41) is 27.6. The van der Waals surface area contributed by atoms with E-state index in [4.69, 9.17) is 4.74 Å². The number of aliphatic hydroxyl groups is 1. The predicted molar refractivity (Wildman–Crippen MR) is 138 cm³/mol. The fourth-order valence-electron chi connectivity index (χ4n) is 3.63. The zero-order valence-electron chi connectivity index (χ0n) is 21.7. The molecular weight excluding hydrogens is 458 g/mol. The number of ether oxygens (including phenoxy) is 1. The molecule has 1 aromatic heterocycles. The first kappa shape index (κ1) is 26.9. The highest BCUT2D eigenvalue weighted by atomic mass is 16.5. The molecule has 0 bridgehead atoms. The average Bonchev–Trinajstić information content (AvgIpc) is 3.21. The highest BCUT2D eigenvalue weighted by Crippen LogP contribution is 2.31. The normalized spacial score (nSPS) is 14.1. The van der Waals surface area contributed by atoms with Crippen molar-refractivity contribution in [3.05, 3.63) is 77.0 Å². The van der Waals surface area contributed by atoms with Crippen LogP contribution in [0.25, 0.3) is 5.69 Å². The average molecular weight is 494 g/mol. The number of nitrogens with one attached hydrogen (secondary N) is 1. The van der Waals surface area contributed by atoms with E-state index in [1.54, 1.807) is 6.92 Å². The van der Waals surface area contributed by atoms with Crippen LogP contribution in [0.15, 0.2) is 54.6 Å². The molecule has 8 nitrogen and oxygen atoms in total. The summed E-state index contributed by atoms with van der Waals surface area (Å²) in [4.78, 5) is 24.8. The highest BCUT2D eigenvalue weighted by molar-refractivity contribution is 5.93. The number of carboxylic acids is 1. The molecule has 1 heterocycles. The number of nitrogens with zero attached hydrogens (tertiary/aromatic N) is 2. The second-order valence-corrected chi connectivity index (χ2v) is 10.4. The summed E-state index contributed by atoms with van der Waals surface area (Å²) in [6.07, 6.45) is -0.271. The molecule has 2 atom stereocenters. The van der Waals surface area contributed by atoms with Gasteiger partial charge in [0, 0.05) is 6.07 Å². The zero-order valence-corrected chi connectivity index (χ0v) is 21.7. The smallest absolute Gasteiger partial charge is 0.305 e. The van der Waals surface area contributed by atoms with Crippen LogP contribution in [0.1, 0.15) is 67.3 Å². The van der Waals surface area contributed by atoms with Gasteiger partial charge in [0.1, 0.15) is 12.2 Å². The predicted octanol–water partition coefficient (Wildman–Crippen LogP) is 4.61. The van der Waals surface area contributed by atoms with E-state index in [1.807, 2.05) is 83.1 Å². The van der Waals surface area contributed by atoms with Gasteiger partial charge in [-0.25, -0.2) is 4.68 Å². The van der Waals surface area contributed by atoms with Crippen molar-refractivity contribution in [3.8, 4) is 11.6 Å². The van der Waals surface area contributed by atoms with Crippen molar-refractivity contribution >= 4 is 11.9 Å². The van der Waals surface area contributed by atoms with E-state index in [9.17, 15) is 19.8 Å². The van der Waals surface area contributed by atoms with Crippen molar-refractivity contribution in [3.63, 3.8) is 0 Å². The van der Waals surface area contributed by atoms with Crippen LogP contribution in [0.3, 0.4) is 0 Å². The lowest BCUT2D eigenvalue weighted by atomic mass is 9.78. The number of carbonyl (C=O) groups excluding carboxylic acids is 1. The number of aromatic nitrogens is 2. The molecule has 8 heteroatoms. The Morgan fingerprint density at radius 1 is 1.06 bits per heavy atom. The van der Waals surface area contributed by atoms with Crippen LogP contribution in [0.2, 0.25) is 0 Å². The Morgan fingerprint density at radius 3 is 2.31 bits per heavy atom. The second-order valence-electron chi connectivity index (χ2n) is 10.4. The topological polar surface area (TPSA) is 114 Å². The van der Waals surface area contributed by atoms with Crippen LogP contribution in [0.4, 0.5) is 0 Å². The number of aliphatic carboxylic acids is 1. The van der Waals surface area contributed by atoms with Crippen LogP contribution >= 0.6 is 0 Å². The first-order valence-corrected chi connectivity index (χ1v) is 11.9. The van der Waals surface area contributed by atoms with Gasteiger partial charge in [-0.05, 0) is 49.4 Å². The molecule has 0 aliphatic heterocycles. The minimum atomic E-state index is -1.14. The molecule has 0 radical (unpaired) electrons. The molecule has 3 rings (SSSR count). The number of para-hydroxylation sites is 1. The SMILES string of the molecule is Cc1ccc([C@H](CC(=O)O)NC(=O)c2cc(OC[C@](C)(O)C(C)(C)C)n(-c3ccccc3)n2)c(C)c1. The zero-order chi connectivity index (χ0) is 26.7. The number of rotatable bonds is 9. The van der Waals surface area contributed by atoms with Crippen LogP contribution in [0, 0.1) is 19.3 Å². The summed E-state index contributed by atoms with van der Waals surface area (Å²) in [5.41, 5.74) is 1.84. The van der Waals surface area contributed by atoms with Crippen LogP contribution in [-0.2, 0) is 4.79 Å². The second kappa shape index (κ2) is 10.5. The largest absolute Gasteiger partial charge is 0.481 e. The van der Waals surface area contributed by atoms with E-state index in [1.165, 1.54) is 10.7 Å². The van der Waals surface area contributed by atoms with Gasteiger partial charge in [-0.15, -0.1) is 0 Å². The molecule has 0 saturated carbocycles. The maximum Gasteiger partial charge on any atom is 0.305 e. The molecule has 2 aromatic carbocycles. The quantitative estimate of drug-likeness (QED) is 0.401. The van der Waals surface area contributed by atoms with Gasteiger partial charge >= 0.3 is 5.97 Å². The van der Waals surface area contributed by atoms with E-state index >= 15 is 0 Å². The Hall–Kier alpha value is -3.65. The molecule has 192 valence electrons. The van der Waals surface area contributed by atoms with Gasteiger partial charge in [0.2, 0.25) is 5.88 Å². The number of hydrogen-bond donors (Lipinski definition) is 3. The number of aryl methyl sites for hydroxylation is 2. The molecule has 0 fully saturated rings. The highest BCUT2D eigenvalue weighted by Gasteiger charge is 2.36. The van der Waals surface area contributed by atoms with Crippen LogP contribution < -0.4 is 10.1 Å². The van der Waals surface area contributed by atoms with Gasteiger partial charge in [-0.2, -0.15) is 5.10 Å². The van der Waals surface area contributed by atoms with Crippen molar-refractivity contribution in [1.82, 2.24) is 15.1 Å². The minimum Gasteiger partial charge on any atom is -0.481 e. The van der Waals surface area contributed by atoms with Gasteiger partial charge in [0.25, 0.3) is 5.91 Å². The van der Waals surface area contributed by atoms with Crippen molar-refractivity contribution in [2.45, 2.75) is 59.6 Å². The summed E-state index contributed by atoms with van der Waals surface area (Å²) in [7, 11) is 0. The number of benzene rings is 2. The molecule has 0 aliphatic rings. The Kier molecular flexibility index (Phi) is 7.89. The number of amides is 1. The van der Waals surface area contributed by atoms with Gasteiger partial charge in [0.05, 0.1) is 18.2 Å². The lowest BCUT2D eigenvalue weighted by Gasteiger charge is -2.36. The molecular formula is C28H35N3O5. The Bertz CT molecular complexity index is 1230. The standard InChI is InChI=1S/C28H35N3O5/c1-18-12-13-21(19(2)14-18)22(16-25(32)33)29-26(34)23-15-24(36-17-28(6,35)27(3,4)5)31(30-23)20-10-8-7-9-11-20/h7-15,22,35H,16-17H2,1-6H3,(H,29,34)(H,32,33)/t22-,28-/m0/s1. The molecule has 0 saturated heterocycles. The minimum absolute atomic E-state index is 0.0136. The number of hydrogen-bond acceptors (Lipinski definition) is 5. The van der Waals surface area contributed by atoms with E-state index in [2.05, 4.69) is 10.4 Å². The third-order valence-electron chi connectivity index (χ3n) is 6.51. The lowest BCUT2D eigenvalue weighted by Crippen LogP contribution is -2.45. The van der Waals surface area contributed by atoms with E-state index in [0.29, 0.717) is 5.69 Å². The molecule has 1 amide bonds. The van der Waals surface area contributed by atoms with Crippen molar-refractivity contribution in [2.24, 2.45) is 5.41 Å². The van der Waals surface area contributed by atoms with Crippen LogP contribution in [-0.4, -0.2) is 44.1 Å². The van der Waals surface area contributed by atoms with Crippen molar-refractivity contribution < 1.29 is 24.5 Å². The van der Waals surface area contributed by atoms with Gasteiger partial charge in [-0.1, -0.05) is 62.7 Å². The Labute approximate surface area is 211 Å². The molecule has 3 N–H and O–H groups in total. The summed E-state index contributed by atoms with van der Waals surface area (Å²) in [5.74, 6) is -1.26. The number of carboxylic acid groups (broad SMARTS) is 1. The maximum atomic E-state index is 13.3. The van der Waals surface area contributed by atoms with E-state index in [-0.39, 0.29) is 24.6 Å². The summed E-state index contributed by atoms with van der Waals surface area (Å²) >= 11 is 0. The fraction of sp³-hybridized carbons (Fsp3) is 0.393. The summed E-state index contributed by atoms with van der Waals surface area (Å²) < 4.78 is 7.47. The molecule has 36 heavy (non-hydrogen) atoms. The number of carbonyl (C=O) groups is 2. The molecule has 3 aromatic rings. The van der Waals surface area contributed by atoms with Gasteiger partial charge in [-0.3, -0.25) is 9.59 Å². The van der Waals surface area contributed by atoms with Gasteiger partial charge < -0.3 is 20.3 Å². The maximum absolute atomic E-state index is 13.3. The summed E-state index contributed by atoms with van der Waals surface area (Å²) in [6, 6.07) is 15.6. The van der Waals surface area contributed by atoms with Gasteiger partial charge in [0.15, 0.2) is 5.69 Å². The first-order valence-electron chi connectivity index (χ1n) is 11.9.